The molecule has 1 fully saturated rings. The molecular weight excluding hydrogens is 304 g/mol. The Bertz CT molecular complexity index is 836. The van der Waals surface area contributed by atoms with Crippen LogP contribution in [0.4, 0.5) is 0 Å². The van der Waals surface area contributed by atoms with Gasteiger partial charge < -0.3 is 18.8 Å². The molecule has 1 aliphatic carbocycles. The normalized spacial score (nSPS) is 22.1. The summed E-state index contributed by atoms with van der Waals surface area (Å²) in [6, 6.07) is 6.88. The third-order valence-electron chi connectivity index (χ3n) is 4.95. The van der Waals surface area contributed by atoms with Crippen molar-refractivity contribution >= 4 is 17.0 Å². The topological polar surface area (TPSA) is 47.2 Å². The van der Waals surface area contributed by atoms with Crippen LogP contribution in [-0.2, 0) is 17.6 Å². The number of rotatable bonds is 3. The summed E-state index contributed by atoms with van der Waals surface area (Å²) >= 11 is 0. The smallest absolute Gasteiger partial charge is 0.292 e. The number of nitrogens with zero attached hydrogens (tertiary/aromatic N) is 2. The van der Waals surface area contributed by atoms with Gasteiger partial charge >= 0.3 is 0 Å². The van der Waals surface area contributed by atoms with E-state index in [0.29, 0.717) is 12.6 Å². The number of fused-ring (bicyclic) bond motifs is 4. The summed E-state index contributed by atoms with van der Waals surface area (Å²) in [7, 11) is 0. The van der Waals surface area contributed by atoms with Gasteiger partial charge in [0.25, 0.3) is 6.02 Å². The highest BCUT2D eigenvalue weighted by molar-refractivity contribution is 5.83. The Hall–Kier alpha value is -2.43. The first kappa shape index (κ1) is 14.0. The van der Waals surface area contributed by atoms with E-state index >= 15 is 0 Å². The molecule has 3 heterocycles. The van der Waals surface area contributed by atoms with Crippen molar-refractivity contribution in [2.24, 2.45) is 4.99 Å². The van der Waals surface area contributed by atoms with Crippen LogP contribution in [0.5, 0.6) is 5.75 Å². The maximum absolute atomic E-state index is 6.03. The first-order valence-electron chi connectivity index (χ1n) is 8.68. The molecule has 1 saturated heterocycles. The van der Waals surface area contributed by atoms with Gasteiger partial charge in [0.1, 0.15) is 23.7 Å². The lowest BCUT2D eigenvalue weighted by Gasteiger charge is -2.14. The Morgan fingerprint density at radius 1 is 1.25 bits per heavy atom. The lowest BCUT2D eigenvalue weighted by Crippen LogP contribution is -2.28. The van der Waals surface area contributed by atoms with E-state index in [9.17, 15) is 0 Å². The summed E-state index contributed by atoms with van der Waals surface area (Å²) in [5.74, 6) is 2.00. The second kappa shape index (κ2) is 5.58. The van der Waals surface area contributed by atoms with Gasteiger partial charge in [0.05, 0.1) is 6.54 Å². The van der Waals surface area contributed by atoms with E-state index in [2.05, 4.69) is 16.0 Å². The van der Waals surface area contributed by atoms with Crippen LogP contribution in [0.1, 0.15) is 24.2 Å². The molecule has 1 aromatic carbocycles. The van der Waals surface area contributed by atoms with E-state index in [1.54, 1.807) is 6.20 Å². The Labute approximate surface area is 140 Å². The number of aryl methyl sites for hydroxylation is 2. The molecule has 0 radical (unpaired) electrons. The fourth-order valence-corrected chi connectivity index (χ4v) is 3.75. The second-order valence-corrected chi connectivity index (χ2v) is 6.62. The van der Waals surface area contributed by atoms with Gasteiger partial charge in [-0.05, 0) is 37.5 Å². The van der Waals surface area contributed by atoms with Crippen LogP contribution >= 0.6 is 0 Å². The third kappa shape index (κ3) is 2.35. The Morgan fingerprint density at radius 3 is 3.17 bits per heavy atom. The number of ether oxygens (including phenoxy) is 2. The number of hydrogen-bond acceptors (Lipinski definition) is 5. The van der Waals surface area contributed by atoms with Gasteiger partial charge in [-0.1, -0.05) is 0 Å². The highest BCUT2D eigenvalue weighted by atomic mass is 16.6. The highest BCUT2D eigenvalue weighted by Gasteiger charge is 2.30. The molecule has 2 aliphatic heterocycles. The fraction of sp³-hybridized carbons (Fsp3) is 0.421. The summed E-state index contributed by atoms with van der Waals surface area (Å²) in [5.41, 5.74) is 2.34. The molecule has 5 nitrogen and oxygen atoms in total. The minimum absolute atomic E-state index is 0.0177. The van der Waals surface area contributed by atoms with E-state index < -0.39 is 0 Å². The maximum Gasteiger partial charge on any atom is 0.292 e. The Kier molecular flexibility index (Phi) is 3.25. The molecule has 0 spiro atoms. The average molecular weight is 324 g/mol. The van der Waals surface area contributed by atoms with Crippen LogP contribution in [0, 0.1) is 0 Å². The monoisotopic (exact) mass is 324 g/mol. The standard InChI is InChI=1S/C19H20N2O3/c1-2-5-17-15(4-1)16-7-6-13(10-18(16)24-17)22-12-14-11-21-9-3-8-20-19(21)23-14/h3,6-8,10,14H,1-2,4-5,9,11-12H2/t14-/m0/s1. The van der Waals surface area contributed by atoms with Crippen molar-refractivity contribution < 1.29 is 13.9 Å². The summed E-state index contributed by atoms with van der Waals surface area (Å²) in [6.45, 7) is 2.20. The molecule has 24 heavy (non-hydrogen) atoms. The van der Waals surface area contributed by atoms with E-state index in [1.807, 2.05) is 18.2 Å². The SMILES string of the molecule is C1=CN=C2O[C@H](COc3ccc4c5c(oc4c3)CCCC5)CN2C1. The lowest BCUT2D eigenvalue weighted by molar-refractivity contribution is 0.146. The predicted octanol–water partition coefficient (Wildman–Crippen LogP) is 3.27. The molecule has 5 heteroatoms. The Morgan fingerprint density at radius 2 is 2.21 bits per heavy atom. The second-order valence-electron chi connectivity index (χ2n) is 6.62. The van der Waals surface area contributed by atoms with Crippen molar-refractivity contribution in [2.75, 3.05) is 19.7 Å². The van der Waals surface area contributed by atoms with E-state index in [4.69, 9.17) is 13.9 Å². The van der Waals surface area contributed by atoms with Gasteiger partial charge in [0.2, 0.25) is 0 Å². The average Bonchev–Trinajstić information content (AvgIpc) is 3.20. The van der Waals surface area contributed by atoms with E-state index in [1.165, 1.54) is 23.8 Å². The van der Waals surface area contributed by atoms with Crippen molar-refractivity contribution in [2.45, 2.75) is 31.8 Å². The molecule has 1 aromatic heterocycles. The van der Waals surface area contributed by atoms with Crippen molar-refractivity contribution in [3.05, 3.63) is 41.8 Å². The Balaban J connectivity index is 1.29. The van der Waals surface area contributed by atoms with Crippen LogP contribution < -0.4 is 4.74 Å². The molecule has 2 aromatic rings. The first-order chi connectivity index (χ1) is 11.9. The molecule has 1 atom stereocenters. The zero-order chi connectivity index (χ0) is 15.9. The molecule has 5 rings (SSSR count). The fourth-order valence-electron chi connectivity index (χ4n) is 3.75. The van der Waals surface area contributed by atoms with Crippen molar-refractivity contribution in [1.82, 2.24) is 4.90 Å². The quantitative estimate of drug-likeness (QED) is 0.869. The minimum Gasteiger partial charge on any atom is -0.490 e. The maximum atomic E-state index is 6.03. The number of aliphatic imine (C=N–C) groups is 1. The predicted molar refractivity (Wildman–Crippen MR) is 91.4 cm³/mol. The van der Waals surface area contributed by atoms with Crippen molar-refractivity contribution in [1.29, 1.82) is 0 Å². The third-order valence-corrected chi connectivity index (χ3v) is 4.95. The molecule has 0 bridgehead atoms. The minimum atomic E-state index is 0.0177. The molecule has 3 aliphatic rings. The number of hydrogen-bond donors (Lipinski definition) is 0. The van der Waals surface area contributed by atoms with Gasteiger partial charge in [-0.15, -0.1) is 0 Å². The summed E-state index contributed by atoms with van der Waals surface area (Å²) in [6.07, 6.45) is 8.51. The van der Waals surface area contributed by atoms with Crippen LogP contribution in [-0.4, -0.2) is 36.7 Å². The van der Waals surface area contributed by atoms with Gasteiger partial charge in [-0.2, -0.15) is 0 Å². The summed E-state index contributed by atoms with van der Waals surface area (Å²) in [4.78, 5) is 6.37. The largest absolute Gasteiger partial charge is 0.490 e. The van der Waals surface area contributed by atoms with E-state index in [0.717, 1.165) is 43.0 Å². The van der Waals surface area contributed by atoms with Crippen LogP contribution in [0.25, 0.3) is 11.0 Å². The number of amidine groups is 1. The summed E-state index contributed by atoms with van der Waals surface area (Å²) in [5, 5.41) is 1.24. The number of benzene rings is 1. The molecule has 0 saturated carbocycles. The zero-order valence-electron chi connectivity index (χ0n) is 13.5. The zero-order valence-corrected chi connectivity index (χ0v) is 13.5. The van der Waals surface area contributed by atoms with Crippen molar-refractivity contribution in [3.8, 4) is 5.75 Å². The summed E-state index contributed by atoms with van der Waals surface area (Å²) < 4.78 is 17.8. The molecule has 124 valence electrons. The lowest BCUT2D eigenvalue weighted by atomic mass is 9.96. The van der Waals surface area contributed by atoms with Gasteiger partial charge in [-0.25, -0.2) is 4.99 Å². The molecule has 0 N–H and O–H groups in total. The van der Waals surface area contributed by atoms with Crippen LogP contribution in [0.15, 0.2) is 39.9 Å². The van der Waals surface area contributed by atoms with E-state index in [-0.39, 0.29) is 6.10 Å². The van der Waals surface area contributed by atoms with Crippen molar-refractivity contribution in [3.63, 3.8) is 0 Å². The van der Waals surface area contributed by atoms with Crippen LogP contribution in [0.2, 0.25) is 0 Å². The van der Waals surface area contributed by atoms with Gasteiger partial charge in [-0.3, -0.25) is 0 Å². The number of furan rings is 1. The first-order valence-corrected chi connectivity index (χ1v) is 8.68. The molecular formula is C19H20N2O3. The molecule has 0 unspecified atom stereocenters. The highest BCUT2D eigenvalue weighted by Crippen LogP contribution is 2.33. The molecule has 0 amide bonds. The van der Waals surface area contributed by atoms with Gasteiger partial charge in [0.15, 0.2) is 6.10 Å². The van der Waals surface area contributed by atoms with Gasteiger partial charge in [0, 0.05) is 36.2 Å². The van der Waals surface area contributed by atoms with Crippen LogP contribution in [0.3, 0.4) is 0 Å².